The Bertz CT molecular complexity index is 156. The summed E-state index contributed by atoms with van der Waals surface area (Å²) in [6.45, 7) is 3.86. The van der Waals surface area contributed by atoms with Gasteiger partial charge in [-0.25, -0.2) is 0 Å². The lowest BCUT2D eigenvalue weighted by Gasteiger charge is -2.21. The molecule has 0 amide bonds. The van der Waals surface area contributed by atoms with Crippen LogP contribution in [0.25, 0.3) is 0 Å². The van der Waals surface area contributed by atoms with Crippen LogP contribution < -0.4 is 5.32 Å². The Labute approximate surface area is 75.3 Å². The third-order valence-electron chi connectivity index (χ3n) is 3.51. The van der Waals surface area contributed by atoms with E-state index in [9.17, 15) is 0 Å². The van der Waals surface area contributed by atoms with E-state index in [1.807, 2.05) is 0 Å². The first-order chi connectivity index (χ1) is 5.77. The van der Waals surface area contributed by atoms with Gasteiger partial charge in [-0.2, -0.15) is 0 Å². The van der Waals surface area contributed by atoms with Gasteiger partial charge in [0.25, 0.3) is 0 Å². The van der Waals surface area contributed by atoms with Crippen LogP contribution in [0.15, 0.2) is 0 Å². The molecular weight excluding hydrogens is 148 g/mol. The first-order valence-electron chi connectivity index (χ1n) is 5.13. The molecule has 1 heterocycles. The summed E-state index contributed by atoms with van der Waals surface area (Å²) in [5, 5.41) is 3.51. The van der Waals surface area contributed by atoms with Crippen LogP contribution in [0.3, 0.4) is 0 Å². The fraction of sp³-hybridized carbons (Fsp3) is 1.00. The molecule has 2 nitrogen and oxygen atoms in total. The van der Waals surface area contributed by atoms with E-state index in [2.05, 4.69) is 24.3 Å². The number of hydrogen-bond donors (Lipinski definition) is 1. The highest BCUT2D eigenvalue weighted by atomic mass is 15.1. The molecule has 1 saturated heterocycles. The fourth-order valence-corrected chi connectivity index (χ4v) is 2.96. The summed E-state index contributed by atoms with van der Waals surface area (Å²) < 4.78 is 0. The summed E-state index contributed by atoms with van der Waals surface area (Å²) in [6.07, 6.45) is 2.94. The van der Waals surface area contributed by atoms with Gasteiger partial charge in [0.2, 0.25) is 0 Å². The largest absolute Gasteiger partial charge is 0.316 e. The normalized spacial score (nSPS) is 40.8. The fourth-order valence-electron chi connectivity index (χ4n) is 2.96. The topological polar surface area (TPSA) is 15.3 Å². The monoisotopic (exact) mass is 168 g/mol. The van der Waals surface area contributed by atoms with E-state index in [4.69, 9.17) is 0 Å². The molecule has 0 radical (unpaired) electrons. The average molecular weight is 168 g/mol. The van der Waals surface area contributed by atoms with Crippen LogP contribution in [-0.2, 0) is 0 Å². The predicted molar refractivity (Wildman–Crippen MR) is 51.1 cm³/mol. The minimum absolute atomic E-state index is 0.972. The second kappa shape index (κ2) is 3.35. The molecule has 0 bridgehead atoms. The van der Waals surface area contributed by atoms with E-state index in [0.717, 1.165) is 17.8 Å². The maximum Gasteiger partial charge on any atom is 0.000680 e. The van der Waals surface area contributed by atoms with Crippen LogP contribution in [0.1, 0.15) is 12.8 Å². The van der Waals surface area contributed by atoms with Crippen molar-refractivity contribution in [1.82, 2.24) is 10.2 Å². The van der Waals surface area contributed by atoms with E-state index in [1.165, 1.54) is 32.5 Å². The molecule has 1 N–H and O–H groups in total. The van der Waals surface area contributed by atoms with Crippen molar-refractivity contribution in [2.45, 2.75) is 12.8 Å². The second-order valence-electron chi connectivity index (χ2n) is 4.68. The van der Waals surface area contributed by atoms with Crippen molar-refractivity contribution in [2.24, 2.45) is 17.8 Å². The van der Waals surface area contributed by atoms with Crippen LogP contribution >= 0.6 is 0 Å². The number of nitrogens with one attached hydrogen (secondary N) is 1. The Morgan fingerprint density at radius 1 is 1.25 bits per heavy atom. The Morgan fingerprint density at radius 3 is 2.83 bits per heavy atom. The summed E-state index contributed by atoms with van der Waals surface area (Å²) in [6, 6.07) is 0. The van der Waals surface area contributed by atoms with E-state index >= 15 is 0 Å². The first-order valence-corrected chi connectivity index (χ1v) is 5.13. The number of hydrogen-bond acceptors (Lipinski definition) is 2. The SMILES string of the molecule is CN(C)C[C@@H]1CC[C@@H]2CNCC21. The molecule has 3 atom stereocenters. The van der Waals surface area contributed by atoms with Crippen LogP contribution in [0.5, 0.6) is 0 Å². The predicted octanol–water partition coefficient (Wildman–Crippen LogP) is 0.794. The van der Waals surface area contributed by atoms with Crippen molar-refractivity contribution in [2.75, 3.05) is 33.7 Å². The van der Waals surface area contributed by atoms with Gasteiger partial charge in [0.15, 0.2) is 0 Å². The first kappa shape index (κ1) is 8.52. The summed E-state index contributed by atoms with van der Waals surface area (Å²) in [7, 11) is 4.38. The average Bonchev–Trinajstić information content (AvgIpc) is 2.52. The Kier molecular flexibility index (Phi) is 2.37. The van der Waals surface area contributed by atoms with Crippen molar-refractivity contribution in [3.05, 3.63) is 0 Å². The Hall–Kier alpha value is -0.0800. The van der Waals surface area contributed by atoms with Crippen LogP contribution in [0.4, 0.5) is 0 Å². The lowest BCUT2D eigenvalue weighted by molar-refractivity contribution is 0.272. The highest BCUT2D eigenvalue weighted by Gasteiger charge is 2.38. The van der Waals surface area contributed by atoms with Gasteiger partial charge in [-0.1, -0.05) is 0 Å². The molecule has 1 saturated carbocycles. The Balaban J connectivity index is 1.91. The number of fused-ring (bicyclic) bond motifs is 1. The third-order valence-corrected chi connectivity index (χ3v) is 3.51. The van der Waals surface area contributed by atoms with Crippen molar-refractivity contribution >= 4 is 0 Å². The number of rotatable bonds is 2. The highest BCUT2D eigenvalue weighted by Crippen LogP contribution is 2.39. The van der Waals surface area contributed by atoms with Gasteiger partial charge >= 0.3 is 0 Å². The standard InChI is InChI=1S/C10H20N2/c1-12(2)7-9-4-3-8-5-11-6-10(8)9/h8-11H,3-7H2,1-2H3/t8-,9+,10?/m1/s1. The van der Waals surface area contributed by atoms with Gasteiger partial charge < -0.3 is 10.2 Å². The second-order valence-corrected chi connectivity index (χ2v) is 4.68. The summed E-state index contributed by atoms with van der Waals surface area (Å²) in [5.74, 6) is 2.97. The van der Waals surface area contributed by atoms with Crippen LogP contribution in [-0.4, -0.2) is 38.6 Å². The lowest BCUT2D eigenvalue weighted by atomic mass is 9.92. The maximum absolute atomic E-state index is 3.51. The summed E-state index contributed by atoms with van der Waals surface area (Å²) >= 11 is 0. The van der Waals surface area contributed by atoms with Crippen molar-refractivity contribution < 1.29 is 0 Å². The van der Waals surface area contributed by atoms with Crippen molar-refractivity contribution in [3.63, 3.8) is 0 Å². The van der Waals surface area contributed by atoms with Gasteiger partial charge in [0.1, 0.15) is 0 Å². The summed E-state index contributed by atoms with van der Waals surface area (Å²) in [4.78, 5) is 2.34. The molecular formula is C10H20N2. The molecule has 1 unspecified atom stereocenters. The maximum atomic E-state index is 3.51. The van der Waals surface area contributed by atoms with Crippen LogP contribution in [0.2, 0.25) is 0 Å². The Morgan fingerprint density at radius 2 is 2.08 bits per heavy atom. The molecule has 2 fully saturated rings. The summed E-state index contributed by atoms with van der Waals surface area (Å²) in [5.41, 5.74) is 0. The molecule has 1 aliphatic heterocycles. The molecule has 70 valence electrons. The molecule has 0 spiro atoms. The molecule has 1 aliphatic carbocycles. The smallest absolute Gasteiger partial charge is 0.000680 e. The molecule has 0 aromatic carbocycles. The van der Waals surface area contributed by atoms with Crippen molar-refractivity contribution in [1.29, 1.82) is 0 Å². The molecule has 2 rings (SSSR count). The minimum Gasteiger partial charge on any atom is -0.316 e. The molecule has 2 aliphatic rings. The van der Waals surface area contributed by atoms with Crippen molar-refractivity contribution in [3.8, 4) is 0 Å². The molecule has 0 aromatic rings. The minimum atomic E-state index is 0.972. The zero-order chi connectivity index (χ0) is 8.55. The van der Waals surface area contributed by atoms with Gasteiger partial charge in [0.05, 0.1) is 0 Å². The van der Waals surface area contributed by atoms with Crippen LogP contribution in [0, 0.1) is 17.8 Å². The van der Waals surface area contributed by atoms with Gasteiger partial charge in [0, 0.05) is 6.54 Å². The zero-order valence-corrected chi connectivity index (χ0v) is 8.21. The molecule has 12 heavy (non-hydrogen) atoms. The third kappa shape index (κ3) is 1.50. The molecule has 2 heteroatoms. The van der Waals surface area contributed by atoms with Gasteiger partial charge in [-0.05, 0) is 57.8 Å². The van der Waals surface area contributed by atoms with E-state index in [-0.39, 0.29) is 0 Å². The van der Waals surface area contributed by atoms with Gasteiger partial charge in [-0.3, -0.25) is 0 Å². The quantitative estimate of drug-likeness (QED) is 0.656. The van der Waals surface area contributed by atoms with E-state index in [1.54, 1.807) is 0 Å². The van der Waals surface area contributed by atoms with E-state index < -0.39 is 0 Å². The highest BCUT2D eigenvalue weighted by molar-refractivity contribution is 4.92. The molecule has 0 aromatic heterocycles. The van der Waals surface area contributed by atoms with Gasteiger partial charge in [-0.15, -0.1) is 0 Å². The lowest BCUT2D eigenvalue weighted by Crippen LogP contribution is -2.27. The number of nitrogens with zero attached hydrogens (tertiary/aromatic N) is 1. The zero-order valence-electron chi connectivity index (χ0n) is 8.21. The van der Waals surface area contributed by atoms with E-state index in [0.29, 0.717) is 0 Å².